The fourth-order valence-corrected chi connectivity index (χ4v) is 7.51. The predicted molar refractivity (Wildman–Crippen MR) is 82.7 cm³/mol. The molecule has 5 heteroatoms. The molecule has 0 aromatic carbocycles. The third-order valence-corrected chi connectivity index (χ3v) is 8.49. The van der Waals surface area contributed by atoms with E-state index in [1.807, 2.05) is 0 Å². The van der Waals surface area contributed by atoms with Crippen LogP contribution in [0.2, 0.25) is 18.1 Å². The summed E-state index contributed by atoms with van der Waals surface area (Å²) in [6.07, 6.45) is 4.58. The van der Waals surface area contributed by atoms with Crippen LogP contribution in [0.3, 0.4) is 0 Å². The maximum atomic E-state index is 9.13. The van der Waals surface area contributed by atoms with E-state index in [9.17, 15) is 0 Å². The van der Waals surface area contributed by atoms with Gasteiger partial charge in [-0.15, -0.1) is 0 Å². The topological polar surface area (TPSA) is 75.7 Å². The predicted octanol–water partition coefficient (Wildman–Crippen LogP) is 2.25. The zero-order chi connectivity index (χ0) is 14.6. The number of aliphatic hydroxyl groups excluding tert-OH is 2. The first-order valence-electron chi connectivity index (χ1n) is 7.77. The van der Waals surface area contributed by atoms with Crippen molar-refractivity contribution in [2.45, 2.75) is 70.2 Å². The van der Waals surface area contributed by atoms with Crippen LogP contribution < -0.4 is 5.73 Å². The SMILES string of the molecule is CCC[Si](CCC)(CCCN)OC(CCO)CCO. The van der Waals surface area contributed by atoms with E-state index in [-0.39, 0.29) is 19.3 Å². The molecule has 0 radical (unpaired) electrons. The molecular weight excluding hydrogens is 258 g/mol. The molecule has 0 heterocycles. The van der Waals surface area contributed by atoms with E-state index in [1.165, 1.54) is 0 Å². The summed E-state index contributed by atoms with van der Waals surface area (Å²) in [5, 5.41) is 18.3. The molecule has 4 nitrogen and oxygen atoms in total. The van der Waals surface area contributed by atoms with Gasteiger partial charge in [0.2, 0.25) is 0 Å². The van der Waals surface area contributed by atoms with Crippen molar-refractivity contribution in [3.8, 4) is 0 Å². The average molecular weight is 292 g/mol. The van der Waals surface area contributed by atoms with Gasteiger partial charge in [-0.2, -0.15) is 0 Å². The van der Waals surface area contributed by atoms with Crippen molar-refractivity contribution in [2.75, 3.05) is 19.8 Å². The third-order valence-electron chi connectivity index (χ3n) is 3.57. The number of hydrogen-bond acceptors (Lipinski definition) is 4. The van der Waals surface area contributed by atoms with Gasteiger partial charge in [0, 0.05) is 19.3 Å². The first-order valence-corrected chi connectivity index (χ1v) is 10.3. The summed E-state index contributed by atoms with van der Waals surface area (Å²) in [7, 11) is -1.76. The second kappa shape index (κ2) is 11.8. The number of nitrogens with two attached hydrogens (primary N) is 1. The second-order valence-electron chi connectivity index (χ2n) is 5.34. The molecule has 0 bridgehead atoms. The van der Waals surface area contributed by atoms with Crippen LogP contribution in [0.5, 0.6) is 0 Å². The lowest BCUT2D eigenvalue weighted by atomic mass is 10.2. The van der Waals surface area contributed by atoms with Crippen LogP contribution in [0.1, 0.15) is 46.0 Å². The molecule has 0 atom stereocenters. The number of rotatable bonds is 13. The molecule has 0 aliphatic heterocycles. The monoisotopic (exact) mass is 291 g/mol. The lowest BCUT2D eigenvalue weighted by molar-refractivity contribution is 0.112. The van der Waals surface area contributed by atoms with Gasteiger partial charge < -0.3 is 20.4 Å². The van der Waals surface area contributed by atoms with E-state index in [2.05, 4.69) is 13.8 Å². The molecular formula is C14H33NO3Si. The highest BCUT2D eigenvalue weighted by Crippen LogP contribution is 2.30. The van der Waals surface area contributed by atoms with Gasteiger partial charge in [0.15, 0.2) is 8.32 Å². The minimum Gasteiger partial charge on any atom is -0.414 e. The van der Waals surface area contributed by atoms with Gasteiger partial charge in [0.25, 0.3) is 0 Å². The van der Waals surface area contributed by atoms with E-state index in [1.54, 1.807) is 0 Å². The molecule has 0 aromatic rings. The molecule has 0 saturated heterocycles. The fraction of sp³-hybridized carbons (Fsp3) is 1.00. The van der Waals surface area contributed by atoms with Crippen molar-refractivity contribution in [2.24, 2.45) is 5.73 Å². The zero-order valence-corrected chi connectivity index (χ0v) is 13.7. The molecule has 0 fully saturated rings. The Labute approximate surface area is 119 Å². The van der Waals surface area contributed by atoms with Crippen LogP contribution in [0.4, 0.5) is 0 Å². The van der Waals surface area contributed by atoms with Gasteiger partial charge in [0.1, 0.15) is 0 Å². The average Bonchev–Trinajstić information content (AvgIpc) is 2.37. The van der Waals surface area contributed by atoms with Crippen LogP contribution in [0.15, 0.2) is 0 Å². The molecule has 0 aliphatic carbocycles. The second-order valence-corrected chi connectivity index (χ2v) is 9.44. The summed E-state index contributed by atoms with van der Waals surface area (Å²) in [4.78, 5) is 0. The number of aliphatic hydroxyl groups is 2. The van der Waals surface area contributed by atoms with Crippen LogP contribution in [0, 0.1) is 0 Å². The maximum absolute atomic E-state index is 9.13. The largest absolute Gasteiger partial charge is 0.414 e. The van der Waals surface area contributed by atoms with Gasteiger partial charge in [-0.05, 0) is 43.9 Å². The normalized spacial score (nSPS) is 12.3. The molecule has 0 aromatic heterocycles. The minimum absolute atomic E-state index is 0.0116. The van der Waals surface area contributed by atoms with Gasteiger partial charge in [-0.1, -0.05) is 26.7 Å². The molecule has 0 amide bonds. The van der Waals surface area contributed by atoms with E-state index in [0.29, 0.717) is 12.8 Å². The highest BCUT2D eigenvalue weighted by molar-refractivity contribution is 6.73. The van der Waals surface area contributed by atoms with Crippen molar-refractivity contribution >= 4 is 8.32 Å². The molecule has 0 unspecified atom stereocenters. The summed E-state index contributed by atoms with van der Waals surface area (Å²) >= 11 is 0. The van der Waals surface area contributed by atoms with Crippen LogP contribution >= 0.6 is 0 Å². The van der Waals surface area contributed by atoms with E-state index >= 15 is 0 Å². The molecule has 4 N–H and O–H groups in total. The minimum atomic E-state index is -1.76. The van der Waals surface area contributed by atoms with Crippen molar-refractivity contribution in [1.29, 1.82) is 0 Å². The van der Waals surface area contributed by atoms with Crippen LogP contribution in [-0.4, -0.2) is 44.4 Å². The molecule has 0 saturated carbocycles. The first-order chi connectivity index (χ1) is 9.17. The Bertz CT molecular complexity index is 193. The highest BCUT2D eigenvalue weighted by Gasteiger charge is 2.34. The van der Waals surface area contributed by atoms with Crippen molar-refractivity contribution in [3.05, 3.63) is 0 Å². The van der Waals surface area contributed by atoms with Crippen molar-refractivity contribution in [1.82, 2.24) is 0 Å². The highest BCUT2D eigenvalue weighted by atomic mass is 28.4. The fourth-order valence-electron chi connectivity index (χ4n) is 2.79. The van der Waals surface area contributed by atoms with E-state index in [0.717, 1.165) is 43.9 Å². The Morgan fingerprint density at radius 3 is 1.89 bits per heavy atom. The summed E-state index contributed by atoms with van der Waals surface area (Å²) in [6.45, 7) is 5.39. The van der Waals surface area contributed by atoms with Crippen LogP contribution in [-0.2, 0) is 4.43 Å². The summed E-state index contributed by atoms with van der Waals surface area (Å²) < 4.78 is 6.47. The summed E-state index contributed by atoms with van der Waals surface area (Å²) in [6, 6.07) is 3.43. The molecule has 0 spiro atoms. The first kappa shape index (κ1) is 19.1. The Morgan fingerprint density at radius 1 is 1.00 bits per heavy atom. The Kier molecular flexibility index (Phi) is 11.9. The van der Waals surface area contributed by atoms with Crippen LogP contribution in [0.25, 0.3) is 0 Å². The molecule has 116 valence electrons. The Balaban J connectivity index is 4.72. The van der Waals surface area contributed by atoms with Gasteiger partial charge in [-0.25, -0.2) is 0 Å². The van der Waals surface area contributed by atoms with Gasteiger partial charge >= 0.3 is 0 Å². The molecule has 19 heavy (non-hydrogen) atoms. The summed E-state index contributed by atoms with van der Waals surface area (Å²) in [5.41, 5.74) is 5.66. The standard InChI is InChI=1S/C14H33NO3Si/c1-3-11-19(12-4-2,13-5-8-15)18-14(6-9-16)7-10-17/h14,16-17H,3-13,15H2,1-2H3. The molecule has 0 rings (SSSR count). The van der Waals surface area contributed by atoms with Gasteiger partial charge in [-0.3, -0.25) is 0 Å². The van der Waals surface area contributed by atoms with Crippen molar-refractivity contribution in [3.63, 3.8) is 0 Å². The Morgan fingerprint density at radius 2 is 1.53 bits per heavy atom. The van der Waals surface area contributed by atoms with Gasteiger partial charge in [0.05, 0.1) is 0 Å². The zero-order valence-electron chi connectivity index (χ0n) is 12.7. The summed E-state index contributed by atoms with van der Waals surface area (Å²) in [5.74, 6) is 0. The van der Waals surface area contributed by atoms with Crippen molar-refractivity contribution < 1.29 is 14.6 Å². The molecule has 0 aliphatic rings. The lowest BCUT2D eigenvalue weighted by Crippen LogP contribution is -2.42. The quantitative estimate of drug-likeness (QED) is 0.455. The smallest absolute Gasteiger partial charge is 0.193 e. The van der Waals surface area contributed by atoms with E-state index in [4.69, 9.17) is 20.4 Å². The number of hydrogen-bond donors (Lipinski definition) is 3. The maximum Gasteiger partial charge on any atom is 0.193 e. The lowest BCUT2D eigenvalue weighted by Gasteiger charge is -2.35. The third kappa shape index (κ3) is 8.04. The Hall–Kier alpha value is 0.0569. The van der Waals surface area contributed by atoms with E-state index < -0.39 is 8.32 Å².